The molecule has 1 unspecified atom stereocenters. The first-order valence-electron chi connectivity index (χ1n) is 9.29. The first kappa shape index (κ1) is 20.8. The van der Waals surface area contributed by atoms with Crippen LogP contribution in [0, 0.1) is 6.92 Å². The standard InChI is InChI=1S/C19H23N5O4S/c1-12-9-13(23-28-12)11-29-19-14(5-3-7-21-19)17(26)22-10-16(25)24-8-4-6-15(24)18(27)20-2/h3,5,7,9,15H,4,6,8,10-11H2,1-2H3,(H,20,27)(H,22,26). The molecule has 1 aliphatic rings. The van der Waals surface area contributed by atoms with Crippen LogP contribution < -0.4 is 10.6 Å². The van der Waals surface area contributed by atoms with Crippen LogP contribution in [0.3, 0.4) is 0 Å². The van der Waals surface area contributed by atoms with Gasteiger partial charge in [-0.25, -0.2) is 4.98 Å². The molecule has 1 atom stereocenters. The van der Waals surface area contributed by atoms with Crippen LogP contribution in [0.5, 0.6) is 0 Å². The van der Waals surface area contributed by atoms with Crippen molar-refractivity contribution in [1.29, 1.82) is 0 Å². The summed E-state index contributed by atoms with van der Waals surface area (Å²) in [5.74, 6) is 0.377. The second kappa shape index (κ2) is 9.55. The molecule has 0 aliphatic carbocycles. The normalized spacial score (nSPS) is 15.9. The third kappa shape index (κ3) is 5.14. The van der Waals surface area contributed by atoms with Crippen LogP contribution in [0.4, 0.5) is 0 Å². The van der Waals surface area contributed by atoms with E-state index in [9.17, 15) is 14.4 Å². The largest absolute Gasteiger partial charge is 0.361 e. The van der Waals surface area contributed by atoms with Gasteiger partial charge < -0.3 is 20.1 Å². The number of pyridine rings is 1. The lowest BCUT2D eigenvalue weighted by molar-refractivity contribution is -0.137. The molecule has 9 nitrogen and oxygen atoms in total. The van der Waals surface area contributed by atoms with E-state index in [1.807, 2.05) is 13.0 Å². The lowest BCUT2D eigenvalue weighted by Gasteiger charge is -2.23. The van der Waals surface area contributed by atoms with Gasteiger partial charge in [0.2, 0.25) is 11.8 Å². The summed E-state index contributed by atoms with van der Waals surface area (Å²) in [5.41, 5.74) is 1.14. The topological polar surface area (TPSA) is 117 Å². The smallest absolute Gasteiger partial charge is 0.254 e. The Bertz CT molecular complexity index is 900. The van der Waals surface area contributed by atoms with Gasteiger partial charge in [0.25, 0.3) is 5.91 Å². The molecule has 2 aromatic rings. The summed E-state index contributed by atoms with van der Waals surface area (Å²) >= 11 is 1.37. The Labute approximate surface area is 172 Å². The average Bonchev–Trinajstić information content (AvgIpc) is 3.39. The van der Waals surface area contributed by atoms with E-state index in [4.69, 9.17) is 4.52 Å². The van der Waals surface area contributed by atoms with Gasteiger partial charge in [0.15, 0.2) is 0 Å². The van der Waals surface area contributed by atoms with Gasteiger partial charge in [0.1, 0.15) is 16.8 Å². The van der Waals surface area contributed by atoms with Crippen LogP contribution in [0.1, 0.15) is 34.7 Å². The Morgan fingerprint density at radius 2 is 2.21 bits per heavy atom. The molecule has 0 aromatic carbocycles. The second-order valence-corrected chi connectivity index (χ2v) is 7.58. The predicted molar refractivity (Wildman–Crippen MR) is 106 cm³/mol. The van der Waals surface area contributed by atoms with E-state index in [-0.39, 0.29) is 24.3 Å². The van der Waals surface area contributed by atoms with Gasteiger partial charge in [-0.3, -0.25) is 14.4 Å². The maximum absolute atomic E-state index is 12.6. The third-order valence-electron chi connectivity index (χ3n) is 4.57. The first-order chi connectivity index (χ1) is 14.0. The number of rotatable bonds is 7. The number of carbonyl (C=O) groups excluding carboxylic acids is 3. The number of likely N-dealkylation sites (tertiary alicyclic amines) is 1. The maximum Gasteiger partial charge on any atom is 0.254 e. The van der Waals surface area contributed by atoms with E-state index in [0.717, 1.165) is 17.9 Å². The van der Waals surface area contributed by atoms with Crippen molar-refractivity contribution in [3.05, 3.63) is 41.4 Å². The molecule has 154 valence electrons. The quantitative estimate of drug-likeness (QED) is 0.649. The number of aromatic nitrogens is 2. The monoisotopic (exact) mass is 417 g/mol. The summed E-state index contributed by atoms with van der Waals surface area (Å²) in [6.45, 7) is 2.15. The van der Waals surface area contributed by atoms with Crippen LogP contribution in [-0.4, -0.2) is 58.9 Å². The average molecular weight is 417 g/mol. The molecule has 2 N–H and O–H groups in total. The molecule has 29 heavy (non-hydrogen) atoms. The molecule has 1 aliphatic heterocycles. The number of aryl methyl sites for hydroxylation is 1. The van der Waals surface area contributed by atoms with Crippen molar-refractivity contribution in [2.24, 2.45) is 0 Å². The zero-order chi connectivity index (χ0) is 20.8. The SMILES string of the molecule is CNC(=O)C1CCCN1C(=O)CNC(=O)c1cccnc1SCc1cc(C)on1. The van der Waals surface area contributed by atoms with Gasteiger partial charge in [-0.2, -0.15) is 0 Å². The van der Waals surface area contributed by atoms with E-state index in [1.54, 1.807) is 25.4 Å². The van der Waals surface area contributed by atoms with E-state index in [0.29, 0.717) is 29.3 Å². The van der Waals surface area contributed by atoms with Crippen molar-refractivity contribution in [2.75, 3.05) is 20.1 Å². The minimum Gasteiger partial charge on any atom is -0.361 e. The molecule has 3 amide bonds. The third-order valence-corrected chi connectivity index (χ3v) is 5.61. The molecular weight excluding hydrogens is 394 g/mol. The highest BCUT2D eigenvalue weighted by atomic mass is 32.2. The number of carbonyl (C=O) groups is 3. The van der Waals surface area contributed by atoms with Crippen molar-refractivity contribution in [1.82, 2.24) is 25.7 Å². The molecule has 2 aromatic heterocycles. The molecule has 3 heterocycles. The number of nitrogens with zero attached hydrogens (tertiary/aromatic N) is 3. The predicted octanol–water partition coefficient (Wildman–Crippen LogP) is 1.14. The molecule has 0 radical (unpaired) electrons. The molecule has 0 saturated carbocycles. The minimum absolute atomic E-state index is 0.173. The van der Waals surface area contributed by atoms with Crippen molar-refractivity contribution >= 4 is 29.5 Å². The number of hydrogen-bond acceptors (Lipinski definition) is 7. The van der Waals surface area contributed by atoms with Crippen molar-refractivity contribution in [3.63, 3.8) is 0 Å². The van der Waals surface area contributed by atoms with Gasteiger partial charge in [0, 0.05) is 31.6 Å². The van der Waals surface area contributed by atoms with E-state index >= 15 is 0 Å². The van der Waals surface area contributed by atoms with Gasteiger partial charge >= 0.3 is 0 Å². The highest BCUT2D eigenvalue weighted by Gasteiger charge is 2.33. The first-order valence-corrected chi connectivity index (χ1v) is 10.3. The highest BCUT2D eigenvalue weighted by molar-refractivity contribution is 7.98. The van der Waals surface area contributed by atoms with Gasteiger partial charge in [-0.15, -0.1) is 0 Å². The summed E-state index contributed by atoms with van der Waals surface area (Å²) in [4.78, 5) is 42.8. The Hall–Kier alpha value is -2.88. The zero-order valence-corrected chi connectivity index (χ0v) is 17.1. The van der Waals surface area contributed by atoms with Crippen LogP contribution in [0.25, 0.3) is 0 Å². The van der Waals surface area contributed by atoms with Crippen molar-refractivity contribution in [2.45, 2.75) is 36.6 Å². The fraction of sp³-hybridized carbons (Fsp3) is 0.421. The van der Waals surface area contributed by atoms with E-state index in [2.05, 4.69) is 20.8 Å². The summed E-state index contributed by atoms with van der Waals surface area (Å²) in [7, 11) is 1.55. The fourth-order valence-corrected chi connectivity index (χ4v) is 4.04. The number of thioether (sulfide) groups is 1. The Morgan fingerprint density at radius 3 is 2.93 bits per heavy atom. The summed E-state index contributed by atoms with van der Waals surface area (Å²) in [6, 6.07) is 4.68. The van der Waals surface area contributed by atoms with E-state index in [1.165, 1.54) is 16.7 Å². The second-order valence-electron chi connectivity index (χ2n) is 6.62. The number of likely N-dealkylation sites (N-methyl/N-ethyl adjacent to an activating group) is 1. The number of amides is 3. The molecule has 10 heteroatoms. The molecule has 0 spiro atoms. The van der Waals surface area contributed by atoms with Gasteiger partial charge in [-0.05, 0) is 31.9 Å². The van der Waals surface area contributed by atoms with Crippen molar-refractivity contribution in [3.8, 4) is 0 Å². The molecular formula is C19H23N5O4S. The van der Waals surface area contributed by atoms with Gasteiger partial charge in [0.05, 0.1) is 17.8 Å². The fourth-order valence-electron chi connectivity index (χ4n) is 3.16. The van der Waals surface area contributed by atoms with Crippen LogP contribution in [-0.2, 0) is 15.3 Å². The molecule has 3 rings (SSSR count). The maximum atomic E-state index is 12.6. The molecule has 1 fully saturated rings. The minimum atomic E-state index is -0.472. The lowest BCUT2D eigenvalue weighted by Crippen LogP contribution is -2.48. The lowest BCUT2D eigenvalue weighted by atomic mass is 10.2. The number of hydrogen-bond donors (Lipinski definition) is 2. The summed E-state index contributed by atoms with van der Waals surface area (Å²) in [5, 5.41) is 9.70. The Balaban J connectivity index is 1.59. The summed E-state index contributed by atoms with van der Waals surface area (Å²) < 4.78 is 5.04. The van der Waals surface area contributed by atoms with Crippen LogP contribution in [0.2, 0.25) is 0 Å². The van der Waals surface area contributed by atoms with Crippen LogP contribution in [0.15, 0.2) is 33.9 Å². The zero-order valence-electron chi connectivity index (χ0n) is 16.3. The molecule has 1 saturated heterocycles. The van der Waals surface area contributed by atoms with Crippen molar-refractivity contribution < 1.29 is 18.9 Å². The number of nitrogens with one attached hydrogen (secondary N) is 2. The van der Waals surface area contributed by atoms with Crippen LogP contribution >= 0.6 is 11.8 Å². The Kier molecular flexibility index (Phi) is 6.86. The van der Waals surface area contributed by atoms with Gasteiger partial charge in [-0.1, -0.05) is 16.9 Å². The summed E-state index contributed by atoms with van der Waals surface area (Å²) in [6.07, 6.45) is 3.00. The highest BCUT2D eigenvalue weighted by Crippen LogP contribution is 2.24. The van der Waals surface area contributed by atoms with E-state index < -0.39 is 6.04 Å². The Morgan fingerprint density at radius 1 is 1.38 bits per heavy atom. The molecule has 0 bridgehead atoms.